The van der Waals surface area contributed by atoms with E-state index in [4.69, 9.17) is 17.3 Å². The Kier molecular flexibility index (Phi) is 5.86. The van der Waals surface area contributed by atoms with Gasteiger partial charge in [0.1, 0.15) is 6.04 Å². The molecule has 1 atom stereocenters. The Labute approximate surface area is 119 Å². The number of benzene rings is 1. The molecule has 2 N–H and O–H groups in total. The van der Waals surface area contributed by atoms with Crippen molar-refractivity contribution in [3.63, 3.8) is 0 Å². The van der Waals surface area contributed by atoms with Gasteiger partial charge >= 0.3 is 12.1 Å². The molecule has 1 nitrogen and oxygen atoms in total. The topological polar surface area (TPSA) is 26.0 Å². The summed E-state index contributed by atoms with van der Waals surface area (Å²) in [6, 6.07) is 0.772. The molecule has 1 aromatic rings. The first-order chi connectivity index (χ1) is 7.57. The highest BCUT2D eigenvalue weighted by atomic mass is 79.9. The zero-order valence-corrected chi connectivity index (χ0v) is 11.6. The molecular formula is C9H7BrCl2F5N. The van der Waals surface area contributed by atoms with Gasteiger partial charge in [-0.2, -0.15) is 22.0 Å². The third-order valence-electron chi connectivity index (χ3n) is 2.07. The molecule has 0 aliphatic rings. The van der Waals surface area contributed by atoms with Crippen LogP contribution >= 0.6 is 39.9 Å². The minimum absolute atomic E-state index is 0. The molecule has 0 aliphatic heterocycles. The van der Waals surface area contributed by atoms with Crippen LogP contribution in [0.1, 0.15) is 11.6 Å². The first kappa shape index (κ1) is 17.9. The van der Waals surface area contributed by atoms with Gasteiger partial charge in [-0.25, -0.2) is 0 Å². The average molecular weight is 375 g/mol. The summed E-state index contributed by atoms with van der Waals surface area (Å²) >= 11 is 8.51. The van der Waals surface area contributed by atoms with E-state index in [1.807, 2.05) is 0 Å². The summed E-state index contributed by atoms with van der Waals surface area (Å²) in [5.41, 5.74) is 4.59. The normalized spacial score (nSPS) is 14.0. The lowest BCUT2D eigenvalue weighted by Gasteiger charge is -2.26. The minimum Gasteiger partial charge on any atom is -0.319 e. The Balaban J connectivity index is 0.00000289. The maximum Gasteiger partial charge on any atom is 0.455 e. The quantitative estimate of drug-likeness (QED) is 0.744. The van der Waals surface area contributed by atoms with Crippen molar-refractivity contribution in [1.29, 1.82) is 0 Å². The van der Waals surface area contributed by atoms with Crippen LogP contribution in [0, 0.1) is 0 Å². The van der Waals surface area contributed by atoms with Gasteiger partial charge < -0.3 is 5.73 Å². The number of rotatable bonds is 2. The number of nitrogens with two attached hydrogens (primary N) is 1. The van der Waals surface area contributed by atoms with Gasteiger partial charge in [0.15, 0.2) is 0 Å². The summed E-state index contributed by atoms with van der Waals surface area (Å²) in [5.74, 6) is -5.00. The molecule has 0 saturated heterocycles. The van der Waals surface area contributed by atoms with E-state index in [1.54, 1.807) is 0 Å². The van der Waals surface area contributed by atoms with Gasteiger partial charge in [-0.3, -0.25) is 0 Å². The van der Waals surface area contributed by atoms with Crippen LogP contribution < -0.4 is 5.73 Å². The lowest BCUT2D eigenvalue weighted by atomic mass is 10.0. The summed E-state index contributed by atoms with van der Waals surface area (Å²) < 4.78 is 62.3. The van der Waals surface area contributed by atoms with Crippen LogP contribution in [0.15, 0.2) is 22.7 Å². The van der Waals surface area contributed by atoms with E-state index in [0.29, 0.717) is 0 Å². The molecule has 0 amide bonds. The van der Waals surface area contributed by atoms with Gasteiger partial charge in [-0.15, -0.1) is 12.4 Å². The first-order valence-electron chi connectivity index (χ1n) is 4.22. The molecule has 0 spiro atoms. The molecule has 0 aliphatic carbocycles. The van der Waals surface area contributed by atoms with Crippen LogP contribution in [0.25, 0.3) is 0 Å². The predicted molar refractivity (Wildman–Crippen MR) is 64.3 cm³/mol. The van der Waals surface area contributed by atoms with Crippen LogP contribution in [-0.2, 0) is 0 Å². The smallest absolute Gasteiger partial charge is 0.319 e. The lowest BCUT2D eigenvalue weighted by Crippen LogP contribution is -2.45. The maximum atomic E-state index is 12.9. The van der Waals surface area contributed by atoms with Crippen molar-refractivity contribution in [3.8, 4) is 0 Å². The highest BCUT2D eigenvalue weighted by molar-refractivity contribution is 9.10. The Morgan fingerprint density at radius 3 is 2.06 bits per heavy atom. The van der Waals surface area contributed by atoms with E-state index in [1.165, 1.54) is 6.07 Å². The van der Waals surface area contributed by atoms with Crippen molar-refractivity contribution in [2.24, 2.45) is 5.73 Å². The molecule has 0 saturated carbocycles. The second kappa shape index (κ2) is 5.90. The van der Waals surface area contributed by atoms with E-state index in [2.05, 4.69) is 15.9 Å². The number of alkyl halides is 5. The van der Waals surface area contributed by atoms with E-state index < -0.39 is 18.1 Å². The van der Waals surface area contributed by atoms with Crippen molar-refractivity contribution in [1.82, 2.24) is 0 Å². The third kappa shape index (κ3) is 3.46. The molecule has 0 unspecified atom stereocenters. The lowest BCUT2D eigenvalue weighted by molar-refractivity contribution is -0.291. The molecular weight excluding hydrogens is 368 g/mol. The molecule has 18 heavy (non-hydrogen) atoms. The zero-order chi connectivity index (χ0) is 13.4. The van der Waals surface area contributed by atoms with E-state index >= 15 is 0 Å². The maximum absolute atomic E-state index is 12.9. The largest absolute Gasteiger partial charge is 0.455 e. The summed E-state index contributed by atoms with van der Waals surface area (Å²) in [6.45, 7) is 0. The summed E-state index contributed by atoms with van der Waals surface area (Å²) in [4.78, 5) is 0. The zero-order valence-electron chi connectivity index (χ0n) is 8.44. The minimum atomic E-state index is -5.70. The Bertz CT molecular complexity index is 424. The van der Waals surface area contributed by atoms with Gasteiger partial charge in [0.25, 0.3) is 0 Å². The second-order valence-corrected chi connectivity index (χ2v) is 4.53. The molecule has 1 rings (SSSR count). The SMILES string of the molecule is Cl.N[C@H](c1ccc(Cl)c(Br)c1)C(F)(F)C(F)(F)F. The van der Waals surface area contributed by atoms with Gasteiger partial charge in [-0.05, 0) is 33.6 Å². The van der Waals surface area contributed by atoms with Gasteiger partial charge in [0, 0.05) is 4.47 Å². The third-order valence-corrected chi connectivity index (χ3v) is 3.29. The second-order valence-electron chi connectivity index (χ2n) is 3.27. The summed E-state index contributed by atoms with van der Waals surface area (Å²) in [6.07, 6.45) is -5.70. The molecule has 0 fully saturated rings. The van der Waals surface area contributed by atoms with Crippen molar-refractivity contribution < 1.29 is 22.0 Å². The standard InChI is InChI=1S/C9H6BrClF5N.ClH/c10-5-3-4(1-2-6(5)11)7(17)8(12,13)9(14,15)16;/h1-3,7H,17H2;1H/t7-;/m1./s1. The van der Waals surface area contributed by atoms with Gasteiger partial charge in [0.05, 0.1) is 5.02 Å². The van der Waals surface area contributed by atoms with Crippen LogP contribution in [0.5, 0.6) is 0 Å². The molecule has 9 heteroatoms. The van der Waals surface area contributed by atoms with Crippen molar-refractivity contribution in [2.45, 2.75) is 18.1 Å². The Hall–Kier alpha value is -0.110. The van der Waals surface area contributed by atoms with E-state index in [9.17, 15) is 22.0 Å². The van der Waals surface area contributed by atoms with Crippen molar-refractivity contribution >= 4 is 39.9 Å². The highest BCUT2D eigenvalue weighted by Crippen LogP contribution is 2.43. The number of hydrogen-bond donors (Lipinski definition) is 1. The fraction of sp³-hybridized carbons (Fsp3) is 0.333. The van der Waals surface area contributed by atoms with Crippen molar-refractivity contribution in [3.05, 3.63) is 33.3 Å². The molecule has 1 aromatic carbocycles. The van der Waals surface area contributed by atoms with Crippen LogP contribution in [-0.4, -0.2) is 12.1 Å². The fourth-order valence-electron chi connectivity index (χ4n) is 1.09. The molecule has 0 radical (unpaired) electrons. The fourth-order valence-corrected chi connectivity index (χ4v) is 1.61. The van der Waals surface area contributed by atoms with Gasteiger partial charge in [-0.1, -0.05) is 17.7 Å². The van der Waals surface area contributed by atoms with Crippen LogP contribution in [0.4, 0.5) is 22.0 Å². The molecule has 104 valence electrons. The number of hydrogen-bond acceptors (Lipinski definition) is 1. The monoisotopic (exact) mass is 373 g/mol. The summed E-state index contributed by atoms with van der Waals surface area (Å²) in [7, 11) is 0. The van der Waals surface area contributed by atoms with Crippen molar-refractivity contribution in [2.75, 3.05) is 0 Å². The Morgan fingerprint density at radius 1 is 1.17 bits per heavy atom. The predicted octanol–water partition coefficient (Wildman–Crippen LogP) is 4.72. The Morgan fingerprint density at radius 2 is 1.67 bits per heavy atom. The molecule has 0 bridgehead atoms. The number of halogens is 8. The molecule has 0 aromatic heterocycles. The van der Waals surface area contributed by atoms with E-state index in [-0.39, 0.29) is 27.5 Å². The summed E-state index contributed by atoms with van der Waals surface area (Å²) in [5, 5.41) is 0.191. The molecule has 0 heterocycles. The first-order valence-corrected chi connectivity index (χ1v) is 5.39. The van der Waals surface area contributed by atoms with E-state index in [0.717, 1.165) is 12.1 Å². The van der Waals surface area contributed by atoms with Crippen LogP contribution in [0.3, 0.4) is 0 Å². The van der Waals surface area contributed by atoms with Gasteiger partial charge in [0.2, 0.25) is 0 Å². The van der Waals surface area contributed by atoms with Crippen LogP contribution in [0.2, 0.25) is 5.02 Å². The average Bonchev–Trinajstić information content (AvgIpc) is 2.19. The highest BCUT2D eigenvalue weighted by Gasteiger charge is 2.61.